The highest BCUT2D eigenvalue weighted by Gasteiger charge is 2.19. The lowest BCUT2D eigenvalue weighted by Crippen LogP contribution is -2.26. The third-order valence-corrected chi connectivity index (χ3v) is 4.29. The van der Waals surface area contributed by atoms with Crippen LogP contribution in [0.5, 0.6) is 0 Å². The maximum absolute atomic E-state index is 4.64. The van der Waals surface area contributed by atoms with Gasteiger partial charge in [-0.2, -0.15) is 15.0 Å². The summed E-state index contributed by atoms with van der Waals surface area (Å²) in [6.07, 6.45) is 8.88. The van der Waals surface area contributed by atoms with Crippen molar-refractivity contribution in [3.8, 4) is 0 Å². The van der Waals surface area contributed by atoms with Gasteiger partial charge in [0, 0.05) is 25.7 Å². The first-order chi connectivity index (χ1) is 10.3. The first kappa shape index (κ1) is 14.4. The summed E-state index contributed by atoms with van der Waals surface area (Å²) in [5, 5.41) is 6.73. The molecule has 1 aliphatic carbocycles. The van der Waals surface area contributed by atoms with Crippen LogP contribution in [0.3, 0.4) is 0 Å². The van der Waals surface area contributed by atoms with E-state index >= 15 is 0 Å². The van der Waals surface area contributed by atoms with E-state index in [1.54, 1.807) is 0 Å². The highest BCUT2D eigenvalue weighted by Crippen LogP contribution is 2.22. The molecule has 1 saturated carbocycles. The van der Waals surface area contributed by atoms with E-state index < -0.39 is 0 Å². The van der Waals surface area contributed by atoms with Crippen molar-refractivity contribution in [3.05, 3.63) is 0 Å². The predicted molar refractivity (Wildman–Crippen MR) is 85.9 cm³/mol. The number of nitrogens with zero attached hydrogens (tertiary/aromatic N) is 4. The summed E-state index contributed by atoms with van der Waals surface area (Å²) in [7, 11) is 0. The Morgan fingerprint density at radius 1 is 0.952 bits per heavy atom. The van der Waals surface area contributed by atoms with E-state index in [9.17, 15) is 0 Å². The van der Waals surface area contributed by atoms with Gasteiger partial charge in [-0.05, 0) is 32.6 Å². The van der Waals surface area contributed by atoms with Gasteiger partial charge in [-0.3, -0.25) is 0 Å². The molecule has 2 fully saturated rings. The van der Waals surface area contributed by atoms with Gasteiger partial charge in [0.05, 0.1) is 0 Å². The van der Waals surface area contributed by atoms with E-state index in [1.165, 1.54) is 44.9 Å². The second-order valence-electron chi connectivity index (χ2n) is 5.99. The van der Waals surface area contributed by atoms with Crippen molar-refractivity contribution in [2.24, 2.45) is 0 Å². The smallest absolute Gasteiger partial charge is 0.231 e. The summed E-state index contributed by atoms with van der Waals surface area (Å²) in [6.45, 7) is 5.00. The molecule has 0 amide bonds. The second-order valence-corrected chi connectivity index (χ2v) is 5.99. The zero-order valence-corrected chi connectivity index (χ0v) is 12.9. The molecule has 116 valence electrons. The molecule has 1 saturated heterocycles. The van der Waals surface area contributed by atoms with Crippen molar-refractivity contribution in [1.82, 2.24) is 15.0 Å². The minimum Gasteiger partial charge on any atom is -0.354 e. The Balaban J connectivity index is 1.76. The third kappa shape index (κ3) is 3.74. The van der Waals surface area contributed by atoms with Crippen molar-refractivity contribution in [2.45, 2.75) is 57.9 Å². The zero-order valence-electron chi connectivity index (χ0n) is 12.9. The van der Waals surface area contributed by atoms with Gasteiger partial charge in [-0.25, -0.2) is 0 Å². The van der Waals surface area contributed by atoms with Crippen molar-refractivity contribution in [2.75, 3.05) is 35.2 Å². The first-order valence-corrected chi connectivity index (χ1v) is 8.36. The van der Waals surface area contributed by atoms with Gasteiger partial charge < -0.3 is 15.5 Å². The third-order valence-electron chi connectivity index (χ3n) is 4.29. The molecule has 0 bridgehead atoms. The molecule has 0 radical (unpaired) electrons. The van der Waals surface area contributed by atoms with Crippen molar-refractivity contribution in [1.29, 1.82) is 0 Å². The monoisotopic (exact) mass is 290 g/mol. The lowest BCUT2D eigenvalue weighted by atomic mass is 9.96. The standard InChI is InChI=1S/C15H26N6/c1-2-16-13-18-14(17-12-8-4-3-5-9-12)20-15(19-13)21-10-6-7-11-21/h12H,2-11H2,1H3,(H2,16,17,18,19,20). The molecule has 0 atom stereocenters. The maximum Gasteiger partial charge on any atom is 0.231 e. The van der Waals surface area contributed by atoms with Gasteiger partial charge in [0.25, 0.3) is 0 Å². The lowest BCUT2D eigenvalue weighted by molar-refractivity contribution is 0.460. The predicted octanol–water partition coefficient (Wildman–Crippen LogP) is 2.65. The fraction of sp³-hybridized carbons (Fsp3) is 0.800. The van der Waals surface area contributed by atoms with Crippen LogP contribution in [0.2, 0.25) is 0 Å². The van der Waals surface area contributed by atoms with E-state index in [0.29, 0.717) is 12.0 Å². The number of aromatic nitrogens is 3. The van der Waals surface area contributed by atoms with Crippen molar-refractivity contribution < 1.29 is 0 Å². The van der Waals surface area contributed by atoms with E-state index in [0.717, 1.165) is 31.5 Å². The Hall–Kier alpha value is -1.59. The van der Waals surface area contributed by atoms with Crippen LogP contribution in [0, 0.1) is 0 Å². The molecule has 2 N–H and O–H groups in total. The number of anilines is 3. The summed E-state index contributed by atoms with van der Waals surface area (Å²) < 4.78 is 0. The number of hydrogen-bond acceptors (Lipinski definition) is 6. The molecule has 0 unspecified atom stereocenters. The highest BCUT2D eigenvalue weighted by molar-refractivity contribution is 5.44. The molecule has 0 spiro atoms. The molecule has 6 heteroatoms. The van der Waals surface area contributed by atoms with E-state index in [4.69, 9.17) is 0 Å². The SMILES string of the molecule is CCNc1nc(NC2CCCCC2)nc(N2CCCC2)n1. The fourth-order valence-electron chi connectivity index (χ4n) is 3.15. The molecule has 2 heterocycles. The zero-order chi connectivity index (χ0) is 14.5. The summed E-state index contributed by atoms with van der Waals surface area (Å²) in [6, 6.07) is 0.516. The Morgan fingerprint density at radius 3 is 2.38 bits per heavy atom. The van der Waals surface area contributed by atoms with Crippen molar-refractivity contribution >= 4 is 17.8 Å². The van der Waals surface area contributed by atoms with Gasteiger partial charge in [0.2, 0.25) is 17.8 Å². The fourth-order valence-corrected chi connectivity index (χ4v) is 3.15. The second kappa shape index (κ2) is 6.91. The van der Waals surface area contributed by atoms with Gasteiger partial charge in [-0.1, -0.05) is 19.3 Å². The average Bonchev–Trinajstić information content (AvgIpc) is 3.03. The largest absolute Gasteiger partial charge is 0.354 e. The van der Waals surface area contributed by atoms with Crippen LogP contribution >= 0.6 is 0 Å². The molecule has 1 aromatic rings. The average molecular weight is 290 g/mol. The quantitative estimate of drug-likeness (QED) is 0.869. The number of hydrogen-bond donors (Lipinski definition) is 2. The molecule has 1 aromatic heterocycles. The van der Waals surface area contributed by atoms with E-state index in [1.807, 2.05) is 0 Å². The molecule has 0 aromatic carbocycles. The van der Waals surface area contributed by atoms with Crippen LogP contribution in [0.15, 0.2) is 0 Å². The molecular formula is C15H26N6. The van der Waals surface area contributed by atoms with Gasteiger partial charge in [0.15, 0.2) is 0 Å². The normalized spacial score (nSPS) is 19.8. The van der Waals surface area contributed by atoms with Crippen LogP contribution in [-0.4, -0.2) is 40.6 Å². The Bertz CT molecular complexity index is 451. The minimum absolute atomic E-state index is 0.516. The summed E-state index contributed by atoms with van der Waals surface area (Å²) in [4.78, 5) is 16.0. The van der Waals surface area contributed by atoms with Crippen LogP contribution in [0.1, 0.15) is 51.9 Å². The highest BCUT2D eigenvalue weighted by atomic mass is 15.3. The van der Waals surface area contributed by atoms with Crippen molar-refractivity contribution in [3.63, 3.8) is 0 Å². The first-order valence-electron chi connectivity index (χ1n) is 8.36. The van der Waals surface area contributed by atoms with Crippen LogP contribution in [0.4, 0.5) is 17.8 Å². The Morgan fingerprint density at radius 2 is 1.67 bits per heavy atom. The summed E-state index contributed by atoms with van der Waals surface area (Å²) in [5.41, 5.74) is 0. The van der Waals surface area contributed by atoms with Gasteiger partial charge in [-0.15, -0.1) is 0 Å². The number of nitrogens with one attached hydrogen (secondary N) is 2. The maximum atomic E-state index is 4.64. The van der Waals surface area contributed by atoms with Gasteiger partial charge in [0.1, 0.15) is 0 Å². The molecule has 1 aliphatic heterocycles. The Labute approximate surface area is 126 Å². The van der Waals surface area contributed by atoms with Crippen LogP contribution in [0.25, 0.3) is 0 Å². The molecule has 21 heavy (non-hydrogen) atoms. The minimum atomic E-state index is 0.516. The summed E-state index contributed by atoms with van der Waals surface area (Å²) >= 11 is 0. The van der Waals surface area contributed by atoms with Crippen LogP contribution in [-0.2, 0) is 0 Å². The lowest BCUT2D eigenvalue weighted by Gasteiger charge is -2.23. The van der Waals surface area contributed by atoms with E-state index in [-0.39, 0.29) is 0 Å². The summed E-state index contributed by atoms with van der Waals surface area (Å²) in [5.74, 6) is 2.24. The van der Waals surface area contributed by atoms with E-state index in [2.05, 4.69) is 37.4 Å². The molecule has 6 nitrogen and oxygen atoms in total. The van der Waals surface area contributed by atoms with Gasteiger partial charge >= 0.3 is 0 Å². The molecule has 3 rings (SSSR count). The Kier molecular flexibility index (Phi) is 4.72. The number of rotatable bonds is 5. The molecule has 2 aliphatic rings. The topological polar surface area (TPSA) is 66.0 Å². The molecular weight excluding hydrogens is 264 g/mol. The van der Waals surface area contributed by atoms with Crippen LogP contribution < -0.4 is 15.5 Å².